The Labute approximate surface area is 109 Å². The zero-order valence-corrected chi connectivity index (χ0v) is 10.7. The number of nitrogens with zero attached hydrogens (tertiary/aromatic N) is 2. The highest BCUT2D eigenvalue weighted by Gasteiger charge is 2.16. The minimum atomic E-state index is 0.771. The van der Waals surface area contributed by atoms with Gasteiger partial charge in [0.15, 0.2) is 0 Å². The van der Waals surface area contributed by atoms with Gasteiger partial charge in [0.25, 0.3) is 0 Å². The fourth-order valence-corrected chi connectivity index (χ4v) is 2.33. The van der Waals surface area contributed by atoms with Crippen LogP contribution in [-0.4, -0.2) is 50.6 Å². The molecule has 0 aromatic heterocycles. The number of nitrogens with one attached hydrogen (secondary N) is 1. The number of carbonyl (C=O) groups excluding carboxylic acids is 1. The number of carbonyl (C=O) groups is 1. The van der Waals surface area contributed by atoms with Crippen molar-refractivity contribution in [3.8, 4) is 0 Å². The molecule has 0 aliphatic carbocycles. The molecule has 1 amide bonds. The maximum absolute atomic E-state index is 10.1. The minimum absolute atomic E-state index is 0.771. The number of piperazine rings is 1. The summed E-state index contributed by atoms with van der Waals surface area (Å²) in [6, 6.07) is 10.6. The van der Waals surface area contributed by atoms with Gasteiger partial charge < -0.3 is 10.2 Å². The smallest absolute Gasteiger partial charge is 0.207 e. The maximum Gasteiger partial charge on any atom is 0.207 e. The first-order chi connectivity index (χ1) is 8.90. The van der Waals surface area contributed by atoms with E-state index in [1.165, 1.54) is 5.69 Å². The van der Waals surface area contributed by atoms with E-state index in [9.17, 15) is 4.79 Å². The van der Waals surface area contributed by atoms with Crippen LogP contribution in [0.1, 0.15) is 6.42 Å². The van der Waals surface area contributed by atoms with Crippen molar-refractivity contribution in [2.45, 2.75) is 6.42 Å². The molecule has 98 valence electrons. The number of para-hydroxylation sites is 1. The summed E-state index contributed by atoms with van der Waals surface area (Å²) in [6.07, 6.45) is 1.80. The Morgan fingerprint density at radius 1 is 1.11 bits per heavy atom. The van der Waals surface area contributed by atoms with Crippen LogP contribution >= 0.6 is 0 Å². The molecule has 1 aromatic rings. The van der Waals surface area contributed by atoms with Crippen LogP contribution in [-0.2, 0) is 4.79 Å². The molecule has 0 atom stereocenters. The highest BCUT2D eigenvalue weighted by molar-refractivity contribution is 5.46. The predicted molar refractivity (Wildman–Crippen MR) is 73.8 cm³/mol. The van der Waals surface area contributed by atoms with Crippen LogP contribution in [0.15, 0.2) is 30.3 Å². The van der Waals surface area contributed by atoms with Gasteiger partial charge in [-0.15, -0.1) is 0 Å². The quantitative estimate of drug-likeness (QED) is 0.600. The molecular weight excluding hydrogens is 226 g/mol. The summed E-state index contributed by atoms with van der Waals surface area (Å²) in [7, 11) is 0. The molecule has 1 saturated heterocycles. The molecule has 1 aliphatic rings. The van der Waals surface area contributed by atoms with Crippen LogP contribution in [0, 0.1) is 0 Å². The van der Waals surface area contributed by atoms with E-state index in [4.69, 9.17) is 0 Å². The molecule has 4 nitrogen and oxygen atoms in total. The number of rotatable bonds is 6. The van der Waals surface area contributed by atoms with Gasteiger partial charge in [-0.3, -0.25) is 9.69 Å². The Hall–Kier alpha value is -1.55. The molecule has 1 aliphatic heterocycles. The van der Waals surface area contributed by atoms with Crippen LogP contribution in [0.25, 0.3) is 0 Å². The molecule has 18 heavy (non-hydrogen) atoms. The second-order valence-corrected chi connectivity index (χ2v) is 4.59. The van der Waals surface area contributed by atoms with Crippen molar-refractivity contribution < 1.29 is 4.79 Å². The molecule has 1 N–H and O–H groups in total. The van der Waals surface area contributed by atoms with Gasteiger partial charge in [0, 0.05) is 38.4 Å². The van der Waals surface area contributed by atoms with E-state index in [0.29, 0.717) is 0 Å². The van der Waals surface area contributed by atoms with Crippen molar-refractivity contribution in [3.05, 3.63) is 30.3 Å². The number of benzene rings is 1. The Balaban J connectivity index is 1.70. The molecule has 2 rings (SSSR count). The first-order valence-electron chi connectivity index (χ1n) is 6.59. The normalized spacial score (nSPS) is 16.6. The molecule has 1 fully saturated rings. The van der Waals surface area contributed by atoms with Gasteiger partial charge in [-0.25, -0.2) is 0 Å². The average Bonchev–Trinajstić information content (AvgIpc) is 2.45. The van der Waals surface area contributed by atoms with Crippen molar-refractivity contribution in [2.24, 2.45) is 0 Å². The standard InChI is InChI=1S/C14H21N3O/c18-13-15-7-4-8-16-9-11-17(12-10-16)14-5-2-1-3-6-14/h1-3,5-6,13H,4,7-12H2,(H,15,18). The highest BCUT2D eigenvalue weighted by Crippen LogP contribution is 2.15. The van der Waals surface area contributed by atoms with E-state index >= 15 is 0 Å². The molecule has 1 aromatic carbocycles. The largest absolute Gasteiger partial charge is 0.369 e. The van der Waals surface area contributed by atoms with Gasteiger partial charge in [-0.2, -0.15) is 0 Å². The highest BCUT2D eigenvalue weighted by atomic mass is 16.1. The van der Waals surface area contributed by atoms with E-state index in [1.54, 1.807) is 0 Å². The van der Waals surface area contributed by atoms with Crippen molar-refractivity contribution in [3.63, 3.8) is 0 Å². The van der Waals surface area contributed by atoms with Crippen LogP contribution in [0.5, 0.6) is 0 Å². The topological polar surface area (TPSA) is 35.6 Å². The molecule has 0 unspecified atom stereocenters. The van der Waals surface area contributed by atoms with Crippen LogP contribution < -0.4 is 10.2 Å². The number of hydrogen-bond acceptors (Lipinski definition) is 3. The Morgan fingerprint density at radius 2 is 1.83 bits per heavy atom. The van der Waals surface area contributed by atoms with Gasteiger partial charge in [0.05, 0.1) is 0 Å². The number of anilines is 1. The van der Waals surface area contributed by atoms with E-state index in [1.807, 2.05) is 0 Å². The molecule has 0 radical (unpaired) electrons. The zero-order chi connectivity index (χ0) is 12.6. The fraction of sp³-hybridized carbons (Fsp3) is 0.500. The second-order valence-electron chi connectivity index (χ2n) is 4.59. The zero-order valence-electron chi connectivity index (χ0n) is 10.7. The summed E-state index contributed by atoms with van der Waals surface area (Å²) in [5.41, 5.74) is 1.32. The van der Waals surface area contributed by atoms with Crippen molar-refractivity contribution in [1.82, 2.24) is 10.2 Å². The van der Waals surface area contributed by atoms with E-state index in [-0.39, 0.29) is 0 Å². The maximum atomic E-state index is 10.1. The molecule has 0 spiro atoms. The van der Waals surface area contributed by atoms with E-state index in [0.717, 1.165) is 52.1 Å². The molecule has 0 saturated carbocycles. The number of hydrogen-bond donors (Lipinski definition) is 1. The van der Waals surface area contributed by atoms with Gasteiger partial charge in [0.1, 0.15) is 0 Å². The summed E-state index contributed by atoms with van der Waals surface area (Å²) in [4.78, 5) is 15.0. The van der Waals surface area contributed by atoms with Gasteiger partial charge in [-0.1, -0.05) is 18.2 Å². The lowest BCUT2D eigenvalue weighted by Crippen LogP contribution is -2.46. The molecular formula is C14H21N3O. The van der Waals surface area contributed by atoms with Crippen molar-refractivity contribution in [2.75, 3.05) is 44.2 Å². The van der Waals surface area contributed by atoms with Crippen LogP contribution in [0.4, 0.5) is 5.69 Å². The third-order valence-corrected chi connectivity index (χ3v) is 3.37. The van der Waals surface area contributed by atoms with Crippen molar-refractivity contribution in [1.29, 1.82) is 0 Å². The summed E-state index contributed by atoms with van der Waals surface area (Å²) in [5, 5.41) is 2.70. The molecule has 1 heterocycles. The fourth-order valence-electron chi connectivity index (χ4n) is 2.33. The monoisotopic (exact) mass is 247 g/mol. The summed E-state index contributed by atoms with van der Waals surface area (Å²) in [6.45, 7) is 6.24. The SMILES string of the molecule is O=CNCCCN1CCN(c2ccccc2)CC1. The number of amides is 1. The summed E-state index contributed by atoms with van der Waals surface area (Å²) < 4.78 is 0. The lowest BCUT2D eigenvalue weighted by Gasteiger charge is -2.36. The van der Waals surface area contributed by atoms with Gasteiger partial charge in [0.2, 0.25) is 6.41 Å². The summed E-state index contributed by atoms with van der Waals surface area (Å²) in [5.74, 6) is 0. The Kier molecular flexibility index (Phi) is 5.02. The Morgan fingerprint density at radius 3 is 2.50 bits per heavy atom. The Bertz CT molecular complexity index is 347. The van der Waals surface area contributed by atoms with E-state index in [2.05, 4.69) is 45.4 Å². The lowest BCUT2D eigenvalue weighted by molar-refractivity contribution is -0.109. The van der Waals surface area contributed by atoms with Crippen molar-refractivity contribution >= 4 is 12.1 Å². The first kappa shape index (κ1) is 12.9. The van der Waals surface area contributed by atoms with Gasteiger partial charge >= 0.3 is 0 Å². The predicted octanol–water partition coefficient (Wildman–Crippen LogP) is 0.945. The third-order valence-electron chi connectivity index (χ3n) is 3.37. The van der Waals surface area contributed by atoms with Gasteiger partial charge in [-0.05, 0) is 25.1 Å². The lowest BCUT2D eigenvalue weighted by atomic mass is 10.2. The van der Waals surface area contributed by atoms with E-state index < -0.39 is 0 Å². The second kappa shape index (κ2) is 7.01. The van der Waals surface area contributed by atoms with Crippen LogP contribution in [0.2, 0.25) is 0 Å². The summed E-state index contributed by atoms with van der Waals surface area (Å²) >= 11 is 0. The molecule has 0 bridgehead atoms. The van der Waals surface area contributed by atoms with Crippen LogP contribution in [0.3, 0.4) is 0 Å². The average molecular weight is 247 g/mol. The first-order valence-corrected chi connectivity index (χ1v) is 6.59. The molecule has 4 heteroatoms. The minimum Gasteiger partial charge on any atom is -0.369 e. The third kappa shape index (κ3) is 3.74.